The Balaban J connectivity index is 2.07. The number of Topliss-reactive ketones (excluding diaryl/α,β-unsaturated/α-hetero) is 1. The highest BCUT2D eigenvalue weighted by Crippen LogP contribution is 2.08. The summed E-state index contributed by atoms with van der Waals surface area (Å²) in [7, 11) is 1.92. The van der Waals surface area contributed by atoms with Gasteiger partial charge in [-0.3, -0.25) is 9.48 Å². The van der Waals surface area contributed by atoms with E-state index in [1.807, 2.05) is 17.8 Å². The van der Waals surface area contributed by atoms with E-state index < -0.39 is 0 Å². The molecule has 1 heterocycles. The maximum absolute atomic E-state index is 11.7. The first-order chi connectivity index (χ1) is 8.24. The van der Waals surface area contributed by atoms with Gasteiger partial charge in [0.05, 0.1) is 0 Å². The standard InChI is InChI=1S/C14H24N2O/c1-3-4-5-6-7-8-14(17)10-9-13-11-12-15-16(13)2/h11-12H,3-10H2,1-2H3. The maximum Gasteiger partial charge on any atom is 0.133 e. The van der Waals surface area contributed by atoms with E-state index in [0.29, 0.717) is 12.2 Å². The van der Waals surface area contributed by atoms with Crippen LogP contribution in [0.2, 0.25) is 0 Å². The number of hydrogen-bond acceptors (Lipinski definition) is 2. The van der Waals surface area contributed by atoms with Crippen LogP contribution >= 0.6 is 0 Å². The van der Waals surface area contributed by atoms with Crippen molar-refractivity contribution in [2.24, 2.45) is 7.05 Å². The predicted molar refractivity (Wildman–Crippen MR) is 69.9 cm³/mol. The molecule has 0 spiro atoms. The molecular weight excluding hydrogens is 212 g/mol. The van der Waals surface area contributed by atoms with E-state index in [1.165, 1.54) is 25.7 Å². The second-order valence-electron chi connectivity index (χ2n) is 4.65. The van der Waals surface area contributed by atoms with Crippen LogP contribution in [-0.4, -0.2) is 15.6 Å². The molecule has 0 N–H and O–H groups in total. The average molecular weight is 236 g/mol. The minimum Gasteiger partial charge on any atom is -0.300 e. The molecule has 3 nitrogen and oxygen atoms in total. The largest absolute Gasteiger partial charge is 0.300 e. The number of aromatic nitrogens is 2. The van der Waals surface area contributed by atoms with Gasteiger partial charge in [-0.05, 0) is 18.9 Å². The molecule has 17 heavy (non-hydrogen) atoms. The molecule has 3 heteroatoms. The van der Waals surface area contributed by atoms with Crippen molar-refractivity contribution in [3.63, 3.8) is 0 Å². The summed E-state index contributed by atoms with van der Waals surface area (Å²) in [6.45, 7) is 2.21. The maximum atomic E-state index is 11.7. The summed E-state index contributed by atoms with van der Waals surface area (Å²) < 4.78 is 1.84. The normalized spacial score (nSPS) is 10.7. The molecule has 0 amide bonds. The summed E-state index contributed by atoms with van der Waals surface area (Å²) in [4.78, 5) is 11.7. The van der Waals surface area contributed by atoms with Gasteiger partial charge in [-0.25, -0.2) is 0 Å². The van der Waals surface area contributed by atoms with Gasteiger partial charge in [-0.1, -0.05) is 32.6 Å². The molecule has 0 radical (unpaired) electrons. The Morgan fingerprint density at radius 1 is 1.24 bits per heavy atom. The summed E-state index contributed by atoms with van der Waals surface area (Å²) >= 11 is 0. The van der Waals surface area contributed by atoms with Gasteiger partial charge in [0, 0.05) is 31.8 Å². The zero-order valence-electron chi connectivity index (χ0n) is 11.1. The molecule has 0 fully saturated rings. The lowest BCUT2D eigenvalue weighted by molar-refractivity contribution is -0.119. The van der Waals surface area contributed by atoms with Crippen molar-refractivity contribution < 1.29 is 4.79 Å². The third-order valence-corrected chi connectivity index (χ3v) is 3.14. The van der Waals surface area contributed by atoms with Gasteiger partial charge in [0.1, 0.15) is 5.78 Å². The molecule has 1 aromatic rings. The molecule has 0 aliphatic rings. The van der Waals surface area contributed by atoms with Gasteiger partial charge in [0.2, 0.25) is 0 Å². The second-order valence-corrected chi connectivity index (χ2v) is 4.65. The highest BCUT2D eigenvalue weighted by molar-refractivity contribution is 5.78. The van der Waals surface area contributed by atoms with Crippen LogP contribution in [0.1, 0.15) is 57.6 Å². The number of carbonyl (C=O) groups excluding carboxylic acids is 1. The van der Waals surface area contributed by atoms with Crippen molar-refractivity contribution in [2.75, 3.05) is 0 Å². The Morgan fingerprint density at radius 3 is 2.65 bits per heavy atom. The summed E-state index contributed by atoms with van der Waals surface area (Å²) in [5.41, 5.74) is 1.14. The van der Waals surface area contributed by atoms with Crippen molar-refractivity contribution in [1.29, 1.82) is 0 Å². The third kappa shape index (κ3) is 5.66. The monoisotopic (exact) mass is 236 g/mol. The van der Waals surface area contributed by atoms with E-state index in [9.17, 15) is 4.79 Å². The number of rotatable bonds is 9. The second kappa shape index (κ2) is 8.04. The molecule has 0 aliphatic carbocycles. The molecule has 0 aromatic carbocycles. The zero-order chi connectivity index (χ0) is 12.5. The fourth-order valence-electron chi connectivity index (χ4n) is 1.96. The van der Waals surface area contributed by atoms with Gasteiger partial charge in [-0.2, -0.15) is 5.10 Å². The molecule has 96 valence electrons. The number of aryl methyl sites for hydroxylation is 2. The van der Waals surface area contributed by atoms with Crippen LogP contribution in [0.5, 0.6) is 0 Å². The number of nitrogens with zero attached hydrogens (tertiary/aromatic N) is 2. The first-order valence-electron chi connectivity index (χ1n) is 6.72. The van der Waals surface area contributed by atoms with Gasteiger partial charge in [0.15, 0.2) is 0 Å². The van der Waals surface area contributed by atoms with Crippen LogP contribution in [0, 0.1) is 0 Å². The molecule has 0 atom stereocenters. The SMILES string of the molecule is CCCCCCCC(=O)CCc1ccnn1C. The van der Waals surface area contributed by atoms with Crippen LogP contribution < -0.4 is 0 Å². The number of hydrogen-bond donors (Lipinski definition) is 0. The van der Waals surface area contributed by atoms with Gasteiger partial charge in [-0.15, -0.1) is 0 Å². The zero-order valence-corrected chi connectivity index (χ0v) is 11.1. The highest BCUT2D eigenvalue weighted by atomic mass is 16.1. The lowest BCUT2D eigenvalue weighted by Gasteiger charge is -2.02. The fraction of sp³-hybridized carbons (Fsp3) is 0.714. The molecule has 0 bridgehead atoms. The Labute approximate surface area is 104 Å². The van der Waals surface area contributed by atoms with Gasteiger partial charge in [0.25, 0.3) is 0 Å². The summed E-state index contributed by atoms with van der Waals surface area (Å²) in [6.07, 6.45) is 10.1. The fourth-order valence-corrected chi connectivity index (χ4v) is 1.96. The summed E-state index contributed by atoms with van der Waals surface area (Å²) in [5.74, 6) is 0.391. The number of carbonyl (C=O) groups is 1. The van der Waals surface area contributed by atoms with E-state index in [1.54, 1.807) is 6.20 Å². The molecule has 1 rings (SSSR count). The van der Waals surface area contributed by atoms with Crippen LogP contribution in [0.4, 0.5) is 0 Å². The average Bonchev–Trinajstić information content (AvgIpc) is 2.72. The van der Waals surface area contributed by atoms with E-state index in [2.05, 4.69) is 12.0 Å². The van der Waals surface area contributed by atoms with Crippen LogP contribution in [-0.2, 0) is 18.3 Å². The first kappa shape index (κ1) is 13.9. The topological polar surface area (TPSA) is 34.9 Å². The van der Waals surface area contributed by atoms with Gasteiger partial charge < -0.3 is 0 Å². The smallest absolute Gasteiger partial charge is 0.133 e. The lowest BCUT2D eigenvalue weighted by atomic mass is 10.1. The quantitative estimate of drug-likeness (QED) is 0.617. The van der Waals surface area contributed by atoms with Crippen molar-refractivity contribution in [1.82, 2.24) is 9.78 Å². The molecular formula is C14H24N2O. The van der Waals surface area contributed by atoms with Crippen LogP contribution in [0.15, 0.2) is 12.3 Å². The Morgan fingerprint density at radius 2 is 2.00 bits per heavy atom. The van der Waals surface area contributed by atoms with Crippen molar-refractivity contribution in [2.45, 2.75) is 58.3 Å². The Kier molecular flexibility index (Phi) is 6.60. The predicted octanol–water partition coefficient (Wildman–Crippen LogP) is 3.28. The van der Waals surface area contributed by atoms with E-state index in [-0.39, 0.29) is 0 Å². The van der Waals surface area contributed by atoms with E-state index in [4.69, 9.17) is 0 Å². The van der Waals surface area contributed by atoms with Crippen molar-refractivity contribution in [3.8, 4) is 0 Å². The van der Waals surface area contributed by atoms with E-state index in [0.717, 1.165) is 25.0 Å². The molecule has 0 saturated carbocycles. The highest BCUT2D eigenvalue weighted by Gasteiger charge is 2.04. The van der Waals surface area contributed by atoms with Crippen LogP contribution in [0.3, 0.4) is 0 Å². The lowest BCUT2D eigenvalue weighted by Crippen LogP contribution is -2.04. The molecule has 0 aliphatic heterocycles. The molecule has 1 aromatic heterocycles. The number of unbranched alkanes of at least 4 members (excludes halogenated alkanes) is 4. The molecule has 0 unspecified atom stereocenters. The Hall–Kier alpha value is -1.12. The minimum absolute atomic E-state index is 0.391. The van der Waals surface area contributed by atoms with E-state index >= 15 is 0 Å². The van der Waals surface area contributed by atoms with Gasteiger partial charge >= 0.3 is 0 Å². The molecule has 0 saturated heterocycles. The summed E-state index contributed by atoms with van der Waals surface area (Å²) in [5, 5.41) is 4.10. The first-order valence-corrected chi connectivity index (χ1v) is 6.72. The Bertz CT molecular complexity index is 331. The summed E-state index contributed by atoms with van der Waals surface area (Å²) in [6, 6.07) is 1.98. The minimum atomic E-state index is 0.391. The van der Waals surface area contributed by atoms with Crippen molar-refractivity contribution in [3.05, 3.63) is 18.0 Å². The van der Waals surface area contributed by atoms with Crippen LogP contribution in [0.25, 0.3) is 0 Å². The third-order valence-electron chi connectivity index (χ3n) is 3.14. The van der Waals surface area contributed by atoms with Crippen molar-refractivity contribution >= 4 is 5.78 Å². The number of ketones is 1.